The lowest BCUT2D eigenvalue weighted by Gasteiger charge is -2.19. The number of fused-ring (bicyclic) bond motifs is 3. The maximum Gasteiger partial charge on any atom is 0.411 e. The number of carboxylic acids is 1. The number of anilines is 2. The van der Waals surface area contributed by atoms with Gasteiger partial charge in [0.25, 0.3) is 0 Å². The second-order valence-corrected chi connectivity index (χ2v) is 9.62. The van der Waals surface area contributed by atoms with Crippen molar-refractivity contribution in [3.8, 4) is 11.1 Å². The fourth-order valence-electron chi connectivity index (χ4n) is 4.96. The third kappa shape index (κ3) is 6.37. The van der Waals surface area contributed by atoms with Crippen LogP contribution in [0.3, 0.4) is 0 Å². The van der Waals surface area contributed by atoms with Crippen molar-refractivity contribution in [1.82, 2.24) is 0 Å². The number of carboxylic acid groups (broad SMARTS) is 1. The number of amides is 2. The number of hydrogen-bond donors (Lipinski definition) is 4. The summed E-state index contributed by atoms with van der Waals surface area (Å²) in [6, 6.07) is 28.7. The van der Waals surface area contributed by atoms with Crippen molar-refractivity contribution >= 4 is 29.5 Å². The van der Waals surface area contributed by atoms with E-state index < -0.39 is 24.2 Å². The summed E-state index contributed by atoms with van der Waals surface area (Å²) in [6.45, 7) is 0.155. The van der Waals surface area contributed by atoms with Gasteiger partial charge in [0, 0.05) is 29.3 Å². The van der Waals surface area contributed by atoms with Gasteiger partial charge in [-0.25, -0.2) is 9.59 Å². The van der Waals surface area contributed by atoms with Crippen LogP contribution in [0.4, 0.5) is 21.0 Å². The number of nitrogens with one attached hydrogen (secondary N) is 2. The van der Waals surface area contributed by atoms with E-state index in [0.29, 0.717) is 5.56 Å². The molecule has 9 nitrogen and oxygen atoms in total. The smallest absolute Gasteiger partial charge is 0.411 e. The van der Waals surface area contributed by atoms with Gasteiger partial charge >= 0.3 is 18.2 Å². The fraction of sp³-hybridized carbons (Fsp3) is 0.156. The third-order valence-corrected chi connectivity index (χ3v) is 6.95. The van der Waals surface area contributed by atoms with Crippen molar-refractivity contribution in [1.29, 1.82) is 0 Å². The van der Waals surface area contributed by atoms with Crippen LogP contribution in [0, 0.1) is 0 Å². The third-order valence-electron chi connectivity index (χ3n) is 6.95. The largest absolute Gasteiger partial charge is 0.480 e. The first kappa shape index (κ1) is 27.4. The van der Waals surface area contributed by atoms with Gasteiger partial charge in [-0.15, -0.1) is 0 Å². The van der Waals surface area contributed by atoms with E-state index in [-0.39, 0.29) is 36.9 Å². The lowest BCUT2D eigenvalue weighted by atomic mass is 9.98. The minimum Gasteiger partial charge on any atom is -0.480 e. The second kappa shape index (κ2) is 12.4. The summed E-state index contributed by atoms with van der Waals surface area (Å²) in [4.78, 5) is 37.0. The fourth-order valence-corrected chi connectivity index (χ4v) is 4.96. The number of rotatable bonds is 9. The van der Waals surface area contributed by atoms with E-state index in [1.807, 2.05) is 66.7 Å². The average Bonchev–Trinajstić information content (AvgIpc) is 3.30. The summed E-state index contributed by atoms with van der Waals surface area (Å²) in [7, 11) is 0. The van der Waals surface area contributed by atoms with Gasteiger partial charge in [0.05, 0.1) is 0 Å². The number of benzene rings is 4. The molecule has 1 aliphatic rings. The lowest BCUT2D eigenvalue weighted by molar-refractivity contribution is -0.138. The lowest BCUT2D eigenvalue weighted by Crippen LogP contribution is -2.33. The quantitative estimate of drug-likeness (QED) is 0.208. The molecule has 0 aromatic heterocycles. The van der Waals surface area contributed by atoms with Crippen LogP contribution in [-0.4, -0.2) is 35.9 Å². The zero-order valence-electron chi connectivity index (χ0n) is 22.1. The number of ether oxygens (including phenoxy) is 2. The van der Waals surface area contributed by atoms with Crippen molar-refractivity contribution in [2.75, 3.05) is 17.2 Å². The summed E-state index contributed by atoms with van der Waals surface area (Å²) < 4.78 is 11.0. The van der Waals surface area contributed by atoms with Gasteiger partial charge < -0.3 is 20.3 Å². The highest BCUT2D eigenvalue weighted by molar-refractivity contribution is 5.92. The number of aliphatic carboxylic acids is 1. The van der Waals surface area contributed by atoms with Crippen molar-refractivity contribution in [2.45, 2.75) is 25.0 Å². The molecule has 4 aromatic rings. The molecule has 0 fully saturated rings. The van der Waals surface area contributed by atoms with E-state index in [1.54, 1.807) is 18.2 Å². The molecule has 0 aliphatic heterocycles. The Bertz CT molecular complexity index is 1530. The predicted molar refractivity (Wildman–Crippen MR) is 155 cm³/mol. The van der Waals surface area contributed by atoms with Crippen LogP contribution < -0.4 is 16.4 Å². The second-order valence-electron chi connectivity index (χ2n) is 9.62. The zero-order chi connectivity index (χ0) is 28.8. The SMILES string of the molecule is N[C@@H](Cc1c(NC(=O)OCc2ccccc2)cccc1NC(=O)OCC1c2ccccc2-c2ccccc21)C(=O)O. The Hall–Kier alpha value is -5.15. The Balaban J connectivity index is 1.30. The highest BCUT2D eigenvalue weighted by atomic mass is 16.6. The Labute approximate surface area is 236 Å². The van der Waals surface area contributed by atoms with Gasteiger partial charge in [-0.05, 0) is 39.9 Å². The predicted octanol–water partition coefficient (Wildman–Crippen LogP) is 5.75. The summed E-state index contributed by atoms with van der Waals surface area (Å²) >= 11 is 0. The molecule has 9 heteroatoms. The Morgan fingerprint density at radius 1 is 0.732 bits per heavy atom. The highest BCUT2D eigenvalue weighted by Gasteiger charge is 2.29. The molecule has 0 bridgehead atoms. The molecular weight excluding hydrogens is 522 g/mol. The van der Waals surface area contributed by atoms with Gasteiger partial charge in [0.1, 0.15) is 19.3 Å². The summed E-state index contributed by atoms with van der Waals surface area (Å²) in [5, 5.41) is 14.7. The first-order chi connectivity index (χ1) is 19.9. The number of nitrogens with two attached hydrogens (primary N) is 1. The van der Waals surface area contributed by atoms with E-state index >= 15 is 0 Å². The zero-order valence-corrected chi connectivity index (χ0v) is 22.1. The van der Waals surface area contributed by atoms with Gasteiger partial charge in [0.2, 0.25) is 0 Å². The Morgan fingerprint density at radius 2 is 1.27 bits per heavy atom. The van der Waals surface area contributed by atoms with E-state index in [4.69, 9.17) is 15.2 Å². The first-order valence-electron chi connectivity index (χ1n) is 13.1. The van der Waals surface area contributed by atoms with E-state index in [1.165, 1.54) is 0 Å². The molecule has 5 rings (SSSR count). The summed E-state index contributed by atoms with van der Waals surface area (Å²) in [5.41, 5.74) is 11.9. The van der Waals surface area contributed by atoms with Crippen molar-refractivity contribution in [2.24, 2.45) is 5.73 Å². The molecule has 208 valence electrons. The van der Waals surface area contributed by atoms with Gasteiger partial charge in [-0.2, -0.15) is 0 Å². The highest BCUT2D eigenvalue weighted by Crippen LogP contribution is 2.44. The minimum atomic E-state index is -1.28. The summed E-state index contributed by atoms with van der Waals surface area (Å²) in [6.07, 6.45) is -1.62. The maximum atomic E-state index is 13.0. The summed E-state index contributed by atoms with van der Waals surface area (Å²) in [5.74, 6) is -1.35. The molecule has 1 aliphatic carbocycles. The molecule has 1 atom stereocenters. The van der Waals surface area contributed by atoms with Gasteiger partial charge in [-0.1, -0.05) is 84.9 Å². The molecule has 0 radical (unpaired) electrons. The number of carbonyl (C=O) groups excluding carboxylic acids is 2. The van der Waals surface area contributed by atoms with Crippen LogP contribution >= 0.6 is 0 Å². The van der Waals surface area contributed by atoms with Crippen LogP contribution in [0.1, 0.15) is 28.2 Å². The van der Waals surface area contributed by atoms with Crippen LogP contribution in [0.15, 0.2) is 97.1 Å². The van der Waals surface area contributed by atoms with Gasteiger partial charge in [0.15, 0.2) is 0 Å². The molecule has 5 N–H and O–H groups in total. The molecule has 2 amide bonds. The Morgan fingerprint density at radius 3 is 1.85 bits per heavy atom. The van der Waals surface area contributed by atoms with Gasteiger partial charge in [-0.3, -0.25) is 15.4 Å². The van der Waals surface area contributed by atoms with Crippen molar-refractivity contribution in [3.63, 3.8) is 0 Å². The van der Waals surface area contributed by atoms with Crippen LogP contribution in [0.2, 0.25) is 0 Å². The van der Waals surface area contributed by atoms with E-state index in [0.717, 1.165) is 27.8 Å². The maximum absolute atomic E-state index is 13.0. The van der Waals surface area contributed by atoms with Crippen LogP contribution in [0.5, 0.6) is 0 Å². The topological polar surface area (TPSA) is 140 Å². The number of carbonyl (C=O) groups is 3. The van der Waals surface area contributed by atoms with Crippen molar-refractivity contribution < 1.29 is 29.0 Å². The molecule has 0 unspecified atom stereocenters. The molecule has 0 saturated carbocycles. The first-order valence-corrected chi connectivity index (χ1v) is 13.1. The van der Waals surface area contributed by atoms with E-state index in [9.17, 15) is 19.5 Å². The average molecular weight is 552 g/mol. The standard InChI is InChI=1S/C32H29N3O6/c33-27(30(36)37)17-25-28(34-31(38)40-18-20-9-2-1-3-10-20)15-8-16-29(25)35-32(39)41-19-26-23-13-6-4-11-21(23)22-12-5-7-14-24(22)26/h1-16,26-27H,17-19,33H2,(H,34,38)(H,35,39)(H,36,37)/t27-/m0/s1. The Kier molecular flexibility index (Phi) is 8.26. The minimum absolute atomic E-state index is 0.0499. The molecule has 41 heavy (non-hydrogen) atoms. The molecule has 4 aromatic carbocycles. The van der Waals surface area contributed by atoms with E-state index in [2.05, 4.69) is 22.8 Å². The number of hydrogen-bond acceptors (Lipinski definition) is 6. The monoisotopic (exact) mass is 551 g/mol. The van der Waals surface area contributed by atoms with Crippen LogP contribution in [0.25, 0.3) is 11.1 Å². The van der Waals surface area contributed by atoms with Crippen LogP contribution in [-0.2, 0) is 27.3 Å². The molecular formula is C32H29N3O6. The normalized spacial score (nSPS) is 12.5. The van der Waals surface area contributed by atoms with Crippen molar-refractivity contribution in [3.05, 3.63) is 119 Å². The molecule has 0 spiro atoms. The molecule has 0 saturated heterocycles. The molecule has 0 heterocycles.